The van der Waals surface area contributed by atoms with E-state index >= 15 is 0 Å². The maximum absolute atomic E-state index is 12.9. The number of benzene rings is 1. The van der Waals surface area contributed by atoms with E-state index in [2.05, 4.69) is 15.9 Å². The van der Waals surface area contributed by atoms with Crippen LogP contribution in [0.4, 0.5) is 8.78 Å². The molecule has 0 heterocycles. The maximum atomic E-state index is 12.9. The number of hydrogen-bond acceptors (Lipinski definition) is 3. The minimum atomic E-state index is -3.97. The third-order valence-electron chi connectivity index (χ3n) is 2.26. The Morgan fingerprint density at radius 1 is 1.44 bits per heavy atom. The zero-order valence-corrected chi connectivity index (χ0v) is 12.0. The van der Waals surface area contributed by atoms with Gasteiger partial charge in [0.25, 0.3) is 5.92 Å². The first-order valence-electron chi connectivity index (χ1n) is 5.02. The molecule has 8 heteroatoms. The summed E-state index contributed by atoms with van der Waals surface area (Å²) in [7, 11) is -3.97. The summed E-state index contributed by atoms with van der Waals surface area (Å²) in [5.74, 6) is -3.26. The number of sulfonamides is 1. The molecule has 0 fully saturated rings. The molecular formula is C10H13BrF2N2O2S. The van der Waals surface area contributed by atoms with E-state index in [0.717, 1.165) is 0 Å². The highest BCUT2D eigenvalue weighted by Gasteiger charge is 2.29. The van der Waals surface area contributed by atoms with E-state index in [1.54, 1.807) is 19.1 Å². The van der Waals surface area contributed by atoms with Crippen LogP contribution in [0.3, 0.4) is 0 Å². The smallest absolute Gasteiger partial charge is 0.273 e. The fraction of sp³-hybridized carbons (Fsp3) is 0.400. The summed E-state index contributed by atoms with van der Waals surface area (Å²) in [5, 5.41) is 0. The number of halogens is 3. The first kappa shape index (κ1) is 15.5. The molecular weight excluding hydrogens is 330 g/mol. The van der Waals surface area contributed by atoms with E-state index < -0.39 is 29.0 Å². The molecule has 1 aromatic carbocycles. The minimum Gasteiger partial charge on any atom is -0.325 e. The highest BCUT2D eigenvalue weighted by atomic mass is 79.9. The van der Waals surface area contributed by atoms with Crippen LogP contribution in [0.5, 0.6) is 0 Å². The molecule has 0 aliphatic heterocycles. The Hall–Kier alpha value is -0.570. The van der Waals surface area contributed by atoms with Crippen LogP contribution in [0, 0.1) is 6.92 Å². The Morgan fingerprint density at radius 2 is 2.06 bits per heavy atom. The number of aryl methyl sites for hydroxylation is 1. The van der Waals surface area contributed by atoms with E-state index in [-0.39, 0.29) is 4.90 Å². The summed E-state index contributed by atoms with van der Waals surface area (Å²) in [4.78, 5) is -0.0373. The van der Waals surface area contributed by atoms with E-state index in [9.17, 15) is 17.2 Å². The molecule has 0 atom stereocenters. The number of alkyl halides is 2. The third-order valence-corrected chi connectivity index (χ3v) is 4.30. The molecule has 18 heavy (non-hydrogen) atoms. The Labute approximate surface area is 113 Å². The molecule has 0 aliphatic carbocycles. The average molecular weight is 343 g/mol. The zero-order chi connectivity index (χ0) is 14.0. The van der Waals surface area contributed by atoms with Gasteiger partial charge in [0, 0.05) is 4.47 Å². The highest BCUT2D eigenvalue weighted by Crippen LogP contribution is 2.21. The normalized spacial score (nSPS) is 12.7. The Morgan fingerprint density at radius 3 is 2.61 bits per heavy atom. The second-order valence-electron chi connectivity index (χ2n) is 3.79. The van der Waals surface area contributed by atoms with E-state index in [0.29, 0.717) is 10.0 Å². The van der Waals surface area contributed by atoms with Gasteiger partial charge in [-0.15, -0.1) is 0 Å². The minimum absolute atomic E-state index is 0.0373. The van der Waals surface area contributed by atoms with Crippen molar-refractivity contribution in [2.24, 2.45) is 5.73 Å². The monoisotopic (exact) mass is 342 g/mol. The Kier molecular flexibility index (Phi) is 4.82. The Bertz CT molecular complexity index is 535. The van der Waals surface area contributed by atoms with Gasteiger partial charge in [-0.2, -0.15) is 0 Å². The van der Waals surface area contributed by atoms with Crippen LogP contribution in [0.2, 0.25) is 0 Å². The molecule has 102 valence electrons. The van der Waals surface area contributed by atoms with Crippen molar-refractivity contribution in [2.75, 3.05) is 13.1 Å². The summed E-state index contributed by atoms with van der Waals surface area (Å²) >= 11 is 3.13. The summed E-state index contributed by atoms with van der Waals surface area (Å²) in [6.07, 6.45) is 0. The van der Waals surface area contributed by atoms with Gasteiger partial charge in [-0.25, -0.2) is 21.9 Å². The standard InChI is InChI=1S/C10H13BrF2N2O2S/c1-7-2-3-8(11)4-9(7)18(16,17)15-6-10(12,13)5-14/h2-4,15H,5-6,14H2,1H3. The number of nitrogens with two attached hydrogens (primary N) is 1. The molecule has 0 saturated carbocycles. The van der Waals surface area contributed by atoms with Crippen molar-refractivity contribution >= 4 is 26.0 Å². The third kappa shape index (κ3) is 3.98. The summed E-state index contributed by atoms with van der Waals surface area (Å²) < 4.78 is 52.0. The van der Waals surface area contributed by atoms with Gasteiger partial charge in [0.1, 0.15) is 0 Å². The van der Waals surface area contributed by atoms with Crippen molar-refractivity contribution in [1.82, 2.24) is 4.72 Å². The molecule has 0 unspecified atom stereocenters. The number of hydrogen-bond donors (Lipinski definition) is 2. The zero-order valence-electron chi connectivity index (χ0n) is 9.58. The first-order valence-corrected chi connectivity index (χ1v) is 7.29. The lowest BCUT2D eigenvalue weighted by Gasteiger charge is -2.15. The molecule has 1 rings (SSSR count). The van der Waals surface area contributed by atoms with Crippen LogP contribution >= 0.6 is 15.9 Å². The average Bonchev–Trinajstić information content (AvgIpc) is 2.30. The predicted molar refractivity (Wildman–Crippen MR) is 68.1 cm³/mol. The highest BCUT2D eigenvalue weighted by molar-refractivity contribution is 9.10. The Balaban J connectivity index is 2.97. The predicted octanol–water partition coefficient (Wildman–Crippen LogP) is 1.63. The van der Waals surface area contributed by atoms with Crippen molar-refractivity contribution < 1.29 is 17.2 Å². The fourth-order valence-electron chi connectivity index (χ4n) is 1.21. The molecule has 0 bridgehead atoms. The summed E-state index contributed by atoms with van der Waals surface area (Å²) in [6.45, 7) is -0.340. The van der Waals surface area contributed by atoms with E-state index in [4.69, 9.17) is 5.73 Å². The van der Waals surface area contributed by atoms with Gasteiger partial charge in [-0.3, -0.25) is 0 Å². The van der Waals surface area contributed by atoms with Crippen molar-refractivity contribution in [3.05, 3.63) is 28.2 Å². The molecule has 1 aromatic rings. The molecule has 4 nitrogen and oxygen atoms in total. The van der Waals surface area contributed by atoms with Gasteiger partial charge in [0.05, 0.1) is 18.0 Å². The molecule has 3 N–H and O–H groups in total. The van der Waals surface area contributed by atoms with Crippen LogP contribution in [-0.4, -0.2) is 27.4 Å². The summed E-state index contributed by atoms with van der Waals surface area (Å²) in [6, 6.07) is 4.61. The molecule has 0 spiro atoms. The van der Waals surface area contributed by atoms with Gasteiger partial charge in [0.2, 0.25) is 10.0 Å². The second-order valence-corrected chi connectivity index (χ2v) is 6.45. The van der Waals surface area contributed by atoms with Gasteiger partial charge in [-0.1, -0.05) is 22.0 Å². The van der Waals surface area contributed by atoms with Crippen LogP contribution in [0.15, 0.2) is 27.6 Å². The van der Waals surface area contributed by atoms with Crippen molar-refractivity contribution in [1.29, 1.82) is 0 Å². The number of nitrogens with one attached hydrogen (secondary N) is 1. The maximum Gasteiger partial charge on any atom is 0.273 e. The lowest BCUT2D eigenvalue weighted by molar-refractivity contribution is 0.0170. The summed E-state index contributed by atoms with van der Waals surface area (Å²) in [5.41, 5.74) is 5.31. The van der Waals surface area contributed by atoms with E-state index in [1.807, 2.05) is 4.72 Å². The van der Waals surface area contributed by atoms with Crippen LogP contribution < -0.4 is 10.5 Å². The lowest BCUT2D eigenvalue weighted by atomic mass is 10.2. The molecule has 0 aromatic heterocycles. The first-order chi connectivity index (χ1) is 8.18. The van der Waals surface area contributed by atoms with Crippen molar-refractivity contribution in [3.63, 3.8) is 0 Å². The van der Waals surface area contributed by atoms with Crippen LogP contribution in [-0.2, 0) is 10.0 Å². The van der Waals surface area contributed by atoms with Gasteiger partial charge in [0.15, 0.2) is 0 Å². The van der Waals surface area contributed by atoms with Crippen molar-refractivity contribution in [3.8, 4) is 0 Å². The molecule has 0 saturated heterocycles. The van der Waals surface area contributed by atoms with Crippen molar-refractivity contribution in [2.45, 2.75) is 17.7 Å². The largest absolute Gasteiger partial charge is 0.325 e. The van der Waals surface area contributed by atoms with Gasteiger partial charge >= 0.3 is 0 Å². The number of rotatable bonds is 5. The SMILES string of the molecule is Cc1ccc(Br)cc1S(=O)(=O)NCC(F)(F)CN. The van der Waals surface area contributed by atoms with Gasteiger partial charge < -0.3 is 5.73 Å². The topological polar surface area (TPSA) is 72.2 Å². The van der Waals surface area contributed by atoms with Crippen LogP contribution in [0.1, 0.15) is 5.56 Å². The quantitative estimate of drug-likeness (QED) is 0.854. The lowest BCUT2D eigenvalue weighted by Crippen LogP contribution is -2.41. The molecule has 0 amide bonds. The second kappa shape index (κ2) is 5.60. The van der Waals surface area contributed by atoms with Crippen LogP contribution in [0.25, 0.3) is 0 Å². The van der Waals surface area contributed by atoms with E-state index in [1.165, 1.54) is 6.07 Å². The van der Waals surface area contributed by atoms with Gasteiger partial charge in [-0.05, 0) is 24.6 Å². The fourth-order valence-corrected chi connectivity index (χ4v) is 3.06. The molecule has 0 radical (unpaired) electrons. The molecule has 0 aliphatic rings.